The number of aryl methyl sites for hydroxylation is 2. The maximum Gasteiger partial charge on any atom is 0.0506 e. The fourth-order valence-electron chi connectivity index (χ4n) is 2.62. The summed E-state index contributed by atoms with van der Waals surface area (Å²) in [5, 5.41) is 2.08. The lowest BCUT2D eigenvalue weighted by Crippen LogP contribution is -1.96. The van der Waals surface area contributed by atoms with Crippen LogP contribution in [-0.2, 0) is 6.54 Å². The maximum atomic E-state index is 6.33. The largest absolute Gasteiger partial charge is 0.341 e. The molecule has 0 spiro atoms. The lowest BCUT2D eigenvalue weighted by Gasteiger charge is -2.09. The molecule has 96 valence electrons. The highest BCUT2D eigenvalue weighted by atomic mass is 35.5. The van der Waals surface area contributed by atoms with Gasteiger partial charge in [-0.05, 0) is 38.1 Å². The van der Waals surface area contributed by atoms with E-state index in [4.69, 9.17) is 11.6 Å². The monoisotopic (exact) mass is 269 g/mol. The summed E-state index contributed by atoms with van der Waals surface area (Å²) in [6.45, 7) is 5.23. The molecule has 0 unspecified atom stereocenters. The van der Waals surface area contributed by atoms with E-state index in [0.29, 0.717) is 0 Å². The summed E-state index contributed by atoms with van der Waals surface area (Å²) in [5.41, 5.74) is 4.84. The molecular weight excluding hydrogens is 254 g/mol. The van der Waals surface area contributed by atoms with Crippen LogP contribution >= 0.6 is 11.6 Å². The molecule has 0 bridgehead atoms. The number of benzene rings is 2. The molecule has 0 fully saturated rings. The number of aromatic nitrogens is 1. The first-order valence-corrected chi connectivity index (χ1v) is 6.93. The zero-order valence-electron chi connectivity index (χ0n) is 11.2. The number of nitrogens with zero attached hydrogens (tertiary/aromatic N) is 1. The molecular formula is C17H16ClN. The van der Waals surface area contributed by atoms with Crippen LogP contribution < -0.4 is 0 Å². The van der Waals surface area contributed by atoms with Crippen molar-refractivity contribution >= 4 is 22.5 Å². The Bertz CT molecular complexity index is 740. The number of halogens is 1. The molecule has 0 amide bonds. The van der Waals surface area contributed by atoms with E-state index in [2.05, 4.69) is 48.7 Å². The van der Waals surface area contributed by atoms with Crippen molar-refractivity contribution in [3.63, 3.8) is 0 Å². The first-order valence-electron chi connectivity index (χ1n) is 6.55. The second kappa shape index (κ2) is 4.75. The summed E-state index contributed by atoms with van der Waals surface area (Å²) in [6.07, 6.45) is 0. The zero-order valence-corrected chi connectivity index (χ0v) is 11.9. The molecule has 0 atom stereocenters. The number of fused-ring (bicyclic) bond motifs is 1. The molecule has 0 aliphatic rings. The van der Waals surface area contributed by atoms with Crippen LogP contribution in [0.2, 0.25) is 5.02 Å². The van der Waals surface area contributed by atoms with E-state index >= 15 is 0 Å². The predicted octanol–water partition coefficient (Wildman–Crippen LogP) is 5.29. The molecule has 0 radical (unpaired) electrons. The molecule has 2 aromatic carbocycles. The molecule has 0 aliphatic carbocycles. The Balaban J connectivity index is 2.32. The van der Waals surface area contributed by atoms with Gasteiger partial charge in [-0.25, -0.2) is 0 Å². The minimum atomic E-state index is 0.803. The van der Waals surface area contributed by atoms with Crippen molar-refractivity contribution < 1.29 is 0 Å². The summed E-state index contributed by atoms with van der Waals surface area (Å²) in [6, 6.07) is 16.8. The van der Waals surface area contributed by atoms with Gasteiger partial charge in [-0.15, -0.1) is 0 Å². The Kier molecular flexibility index (Phi) is 3.08. The maximum absolute atomic E-state index is 6.33. The van der Waals surface area contributed by atoms with Gasteiger partial charge in [0.2, 0.25) is 0 Å². The minimum absolute atomic E-state index is 0.803. The van der Waals surface area contributed by atoms with Crippen LogP contribution in [0.3, 0.4) is 0 Å². The van der Waals surface area contributed by atoms with Crippen molar-refractivity contribution in [2.24, 2.45) is 0 Å². The molecule has 2 heteroatoms. The third kappa shape index (κ3) is 2.04. The van der Waals surface area contributed by atoms with Crippen LogP contribution in [0.4, 0.5) is 0 Å². The number of hydrogen-bond donors (Lipinski definition) is 0. The van der Waals surface area contributed by atoms with Crippen LogP contribution in [0.5, 0.6) is 0 Å². The van der Waals surface area contributed by atoms with Crippen LogP contribution in [0.25, 0.3) is 22.2 Å². The predicted molar refractivity (Wildman–Crippen MR) is 82.8 cm³/mol. The number of rotatable bonds is 2. The molecule has 1 aromatic heterocycles. The summed E-state index contributed by atoms with van der Waals surface area (Å²) in [5.74, 6) is 0. The van der Waals surface area contributed by atoms with E-state index in [-0.39, 0.29) is 0 Å². The van der Waals surface area contributed by atoms with E-state index in [9.17, 15) is 0 Å². The lowest BCUT2D eigenvalue weighted by atomic mass is 10.1. The standard InChI is InChI=1S/C17H16ClN/c1-3-19-16-9-8-12(2)10-13(16)11-17(19)14-6-4-5-7-15(14)18/h4-11H,3H2,1-2H3. The smallest absolute Gasteiger partial charge is 0.0506 e. The van der Waals surface area contributed by atoms with Gasteiger partial charge in [0.15, 0.2) is 0 Å². The van der Waals surface area contributed by atoms with Crippen molar-refractivity contribution in [1.82, 2.24) is 4.57 Å². The quantitative estimate of drug-likeness (QED) is 0.596. The van der Waals surface area contributed by atoms with E-state index in [1.54, 1.807) is 0 Å². The first-order chi connectivity index (χ1) is 9.20. The van der Waals surface area contributed by atoms with Gasteiger partial charge in [0.1, 0.15) is 0 Å². The second-order valence-electron chi connectivity index (χ2n) is 4.82. The fraction of sp³-hybridized carbons (Fsp3) is 0.176. The molecule has 0 saturated carbocycles. The van der Waals surface area contributed by atoms with Crippen molar-refractivity contribution in [2.75, 3.05) is 0 Å². The van der Waals surface area contributed by atoms with Gasteiger partial charge in [-0.3, -0.25) is 0 Å². The highest BCUT2D eigenvalue weighted by Crippen LogP contribution is 2.33. The molecule has 1 heterocycles. The molecule has 0 saturated heterocycles. The topological polar surface area (TPSA) is 4.93 Å². The zero-order chi connectivity index (χ0) is 13.4. The summed E-state index contributed by atoms with van der Waals surface area (Å²) >= 11 is 6.33. The van der Waals surface area contributed by atoms with Crippen molar-refractivity contribution in [2.45, 2.75) is 20.4 Å². The fourth-order valence-corrected chi connectivity index (χ4v) is 2.86. The highest BCUT2D eigenvalue weighted by Gasteiger charge is 2.11. The van der Waals surface area contributed by atoms with Gasteiger partial charge in [-0.1, -0.05) is 41.4 Å². The van der Waals surface area contributed by atoms with Crippen LogP contribution in [0, 0.1) is 6.92 Å². The molecule has 19 heavy (non-hydrogen) atoms. The molecule has 0 N–H and O–H groups in total. The SMILES string of the molecule is CCn1c(-c2ccccc2Cl)cc2cc(C)ccc21. The van der Waals surface area contributed by atoms with Gasteiger partial charge in [0.25, 0.3) is 0 Å². The van der Waals surface area contributed by atoms with E-state index < -0.39 is 0 Å². The van der Waals surface area contributed by atoms with Gasteiger partial charge in [0.05, 0.1) is 5.69 Å². The molecule has 1 nitrogen and oxygen atoms in total. The molecule has 3 rings (SSSR count). The van der Waals surface area contributed by atoms with Gasteiger partial charge < -0.3 is 4.57 Å². The van der Waals surface area contributed by atoms with Crippen LogP contribution in [0.15, 0.2) is 48.5 Å². The Morgan fingerprint density at radius 1 is 1.05 bits per heavy atom. The van der Waals surface area contributed by atoms with Gasteiger partial charge >= 0.3 is 0 Å². The van der Waals surface area contributed by atoms with E-state index in [1.807, 2.05) is 18.2 Å². The summed E-state index contributed by atoms with van der Waals surface area (Å²) in [7, 11) is 0. The Morgan fingerprint density at radius 2 is 1.84 bits per heavy atom. The average molecular weight is 270 g/mol. The van der Waals surface area contributed by atoms with Crippen molar-refractivity contribution in [3.8, 4) is 11.3 Å². The Labute approximate surface area is 118 Å². The minimum Gasteiger partial charge on any atom is -0.341 e. The van der Waals surface area contributed by atoms with Crippen LogP contribution in [-0.4, -0.2) is 4.57 Å². The summed E-state index contributed by atoms with van der Waals surface area (Å²) < 4.78 is 2.32. The molecule has 3 aromatic rings. The van der Waals surface area contributed by atoms with E-state index in [0.717, 1.165) is 17.1 Å². The van der Waals surface area contributed by atoms with Crippen molar-refractivity contribution in [1.29, 1.82) is 0 Å². The Hall–Kier alpha value is -1.73. The van der Waals surface area contributed by atoms with Crippen LogP contribution in [0.1, 0.15) is 12.5 Å². The van der Waals surface area contributed by atoms with Gasteiger partial charge in [-0.2, -0.15) is 0 Å². The average Bonchev–Trinajstić information content (AvgIpc) is 2.76. The number of hydrogen-bond acceptors (Lipinski definition) is 0. The lowest BCUT2D eigenvalue weighted by molar-refractivity contribution is 0.805. The van der Waals surface area contributed by atoms with Crippen molar-refractivity contribution in [3.05, 3.63) is 59.1 Å². The van der Waals surface area contributed by atoms with E-state index in [1.165, 1.54) is 22.2 Å². The summed E-state index contributed by atoms with van der Waals surface area (Å²) in [4.78, 5) is 0. The highest BCUT2D eigenvalue weighted by molar-refractivity contribution is 6.33. The molecule has 0 aliphatic heterocycles. The normalized spacial score (nSPS) is 11.1. The Morgan fingerprint density at radius 3 is 2.58 bits per heavy atom. The third-order valence-electron chi connectivity index (χ3n) is 3.52. The third-order valence-corrected chi connectivity index (χ3v) is 3.85. The first kappa shape index (κ1) is 12.3. The second-order valence-corrected chi connectivity index (χ2v) is 5.22. The van der Waals surface area contributed by atoms with Gasteiger partial charge in [0, 0.05) is 28.0 Å².